The lowest BCUT2D eigenvalue weighted by Gasteiger charge is -2.08. The molecule has 0 amide bonds. The number of anilines is 1. The number of hydrogen-bond acceptors (Lipinski definition) is 4. The van der Waals surface area contributed by atoms with Crippen molar-refractivity contribution in [2.24, 2.45) is 0 Å². The van der Waals surface area contributed by atoms with Crippen LogP contribution in [0.4, 0.5) is 5.69 Å². The second-order valence-corrected chi connectivity index (χ2v) is 5.91. The third-order valence-corrected chi connectivity index (χ3v) is 4.17. The first-order valence-corrected chi connectivity index (χ1v) is 7.34. The Hall–Kier alpha value is -2.36. The van der Waals surface area contributed by atoms with Gasteiger partial charge in [0.25, 0.3) is 0 Å². The van der Waals surface area contributed by atoms with Crippen molar-refractivity contribution in [2.45, 2.75) is 11.4 Å². The molecule has 2 aromatic carbocycles. The quantitative estimate of drug-likeness (QED) is 0.835. The summed E-state index contributed by atoms with van der Waals surface area (Å²) in [7, 11) is -3.73. The van der Waals surface area contributed by atoms with E-state index in [2.05, 4.69) is 4.72 Å². The number of nitrogens with zero attached hydrogens (tertiary/aromatic N) is 1. The molecular formula is C14H13N3O2S. The van der Waals surface area contributed by atoms with E-state index >= 15 is 0 Å². The van der Waals surface area contributed by atoms with Crippen molar-refractivity contribution in [3.8, 4) is 6.07 Å². The third kappa shape index (κ3) is 3.15. The fourth-order valence-corrected chi connectivity index (χ4v) is 2.93. The topological polar surface area (TPSA) is 96.0 Å². The van der Waals surface area contributed by atoms with Crippen LogP contribution in [0.1, 0.15) is 11.1 Å². The molecule has 0 saturated heterocycles. The summed E-state index contributed by atoms with van der Waals surface area (Å²) in [5.41, 5.74) is 7.07. The van der Waals surface area contributed by atoms with E-state index in [4.69, 9.17) is 11.0 Å². The number of nitrogens with two attached hydrogens (primary N) is 1. The number of rotatable bonds is 4. The van der Waals surface area contributed by atoms with Gasteiger partial charge in [-0.15, -0.1) is 0 Å². The van der Waals surface area contributed by atoms with Crippen LogP contribution in [0.2, 0.25) is 0 Å². The van der Waals surface area contributed by atoms with Crippen molar-refractivity contribution < 1.29 is 8.42 Å². The molecule has 5 nitrogen and oxygen atoms in total. The maximum absolute atomic E-state index is 12.2. The number of nitrogen functional groups attached to an aromatic ring is 1. The molecule has 6 heteroatoms. The summed E-state index contributed by atoms with van der Waals surface area (Å²) in [6.07, 6.45) is 0. The van der Waals surface area contributed by atoms with Gasteiger partial charge in [0, 0.05) is 12.2 Å². The minimum Gasteiger partial charge on any atom is -0.399 e. The molecule has 0 heterocycles. The molecule has 0 radical (unpaired) electrons. The van der Waals surface area contributed by atoms with Crippen LogP contribution in [0.3, 0.4) is 0 Å². The molecule has 3 N–H and O–H groups in total. The molecule has 0 aliphatic heterocycles. The van der Waals surface area contributed by atoms with Crippen LogP contribution in [0.5, 0.6) is 0 Å². The minimum atomic E-state index is -3.73. The molecule has 0 aliphatic carbocycles. The smallest absolute Gasteiger partial charge is 0.242 e. The Morgan fingerprint density at radius 1 is 1.15 bits per heavy atom. The van der Waals surface area contributed by atoms with Crippen LogP contribution < -0.4 is 10.5 Å². The van der Waals surface area contributed by atoms with Crippen molar-refractivity contribution in [1.82, 2.24) is 4.72 Å². The zero-order valence-corrected chi connectivity index (χ0v) is 11.4. The van der Waals surface area contributed by atoms with Gasteiger partial charge in [0.05, 0.1) is 10.5 Å². The molecule has 0 saturated carbocycles. The predicted molar refractivity (Wildman–Crippen MR) is 76.0 cm³/mol. The van der Waals surface area contributed by atoms with Gasteiger partial charge in [-0.05, 0) is 29.8 Å². The summed E-state index contributed by atoms with van der Waals surface area (Å²) < 4.78 is 26.8. The summed E-state index contributed by atoms with van der Waals surface area (Å²) in [4.78, 5) is -0.0218. The molecule has 0 aromatic heterocycles. The third-order valence-electron chi connectivity index (χ3n) is 2.71. The SMILES string of the molecule is N#Cc1ccccc1S(=O)(=O)NCc1cccc(N)c1. The Morgan fingerprint density at radius 2 is 1.90 bits per heavy atom. The molecule has 0 aliphatic rings. The lowest BCUT2D eigenvalue weighted by Crippen LogP contribution is -2.24. The highest BCUT2D eigenvalue weighted by atomic mass is 32.2. The van der Waals surface area contributed by atoms with E-state index in [1.807, 2.05) is 6.07 Å². The highest BCUT2D eigenvalue weighted by Gasteiger charge is 2.17. The Morgan fingerprint density at radius 3 is 2.60 bits per heavy atom. The van der Waals surface area contributed by atoms with Crippen molar-refractivity contribution >= 4 is 15.7 Å². The van der Waals surface area contributed by atoms with Gasteiger partial charge < -0.3 is 5.73 Å². The van der Waals surface area contributed by atoms with Gasteiger partial charge in [0.2, 0.25) is 10.0 Å². The standard InChI is InChI=1S/C14H13N3O2S/c15-9-12-5-1-2-7-14(12)20(18,19)17-10-11-4-3-6-13(16)8-11/h1-8,17H,10,16H2. The van der Waals surface area contributed by atoms with Gasteiger partial charge in [-0.25, -0.2) is 13.1 Å². The summed E-state index contributed by atoms with van der Waals surface area (Å²) >= 11 is 0. The maximum Gasteiger partial charge on any atom is 0.242 e. The second kappa shape index (κ2) is 5.74. The lowest BCUT2D eigenvalue weighted by atomic mass is 10.2. The zero-order chi connectivity index (χ0) is 14.6. The number of benzene rings is 2. The summed E-state index contributed by atoms with van der Waals surface area (Å²) in [6.45, 7) is 0.118. The molecule has 0 bridgehead atoms. The summed E-state index contributed by atoms with van der Waals surface area (Å²) in [6, 6.07) is 14.9. The highest BCUT2D eigenvalue weighted by Crippen LogP contribution is 2.15. The van der Waals surface area contributed by atoms with E-state index in [-0.39, 0.29) is 17.0 Å². The van der Waals surface area contributed by atoms with Gasteiger partial charge >= 0.3 is 0 Å². The van der Waals surface area contributed by atoms with Crippen molar-refractivity contribution in [3.63, 3.8) is 0 Å². The fourth-order valence-electron chi connectivity index (χ4n) is 1.75. The number of nitrogens with one attached hydrogen (secondary N) is 1. The molecule has 0 spiro atoms. The highest BCUT2D eigenvalue weighted by molar-refractivity contribution is 7.89. The van der Waals surface area contributed by atoms with Crippen LogP contribution in [0, 0.1) is 11.3 Å². The molecule has 0 unspecified atom stereocenters. The Kier molecular flexibility index (Phi) is 4.03. The van der Waals surface area contributed by atoms with E-state index in [1.54, 1.807) is 36.4 Å². The van der Waals surface area contributed by atoms with Gasteiger partial charge in [0.15, 0.2) is 0 Å². The van der Waals surface area contributed by atoms with Crippen molar-refractivity contribution in [2.75, 3.05) is 5.73 Å². The molecule has 2 rings (SSSR count). The molecule has 20 heavy (non-hydrogen) atoms. The number of sulfonamides is 1. The van der Waals surface area contributed by atoms with Crippen molar-refractivity contribution in [1.29, 1.82) is 5.26 Å². The Labute approximate surface area is 117 Å². The maximum atomic E-state index is 12.2. The molecule has 2 aromatic rings. The van der Waals surface area contributed by atoms with E-state index in [0.717, 1.165) is 5.56 Å². The van der Waals surface area contributed by atoms with Crippen LogP contribution in [-0.2, 0) is 16.6 Å². The summed E-state index contributed by atoms with van der Waals surface area (Å²) in [5.74, 6) is 0. The molecule has 0 atom stereocenters. The van der Waals surface area contributed by atoms with E-state index in [9.17, 15) is 8.42 Å². The zero-order valence-electron chi connectivity index (χ0n) is 10.6. The van der Waals surface area contributed by atoms with Crippen LogP contribution >= 0.6 is 0 Å². The predicted octanol–water partition coefficient (Wildman–Crippen LogP) is 1.62. The second-order valence-electron chi connectivity index (χ2n) is 4.18. The van der Waals surface area contributed by atoms with Crippen LogP contribution in [0.25, 0.3) is 0 Å². The largest absolute Gasteiger partial charge is 0.399 e. The average molecular weight is 287 g/mol. The van der Waals surface area contributed by atoms with E-state index < -0.39 is 10.0 Å². The van der Waals surface area contributed by atoms with Crippen LogP contribution in [-0.4, -0.2) is 8.42 Å². The Balaban J connectivity index is 2.22. The minimum absolute atomic E-state index is 0.0218. The van der Waals surface area contributed by atoms with Crippen LogP contribution in [0.15, 0.2) is 53.4 Å². The normalized spacial score (nSPS) is 10.9. The van der Waals surface area contributed by atoms with Gasteiger partial charge in [-0.1, -0.05) is 24.3 Å². The summed E-state index contributed by atoms with van der Waals surface area (Å²) in [5, 5.41) is 8.94. The Bertz CT molecular complexity index is 764. The van der Waals surface area contributed by atoms with E-state index in [0.29, 0.717) is 5.69 Å². The molecule has 0 fully saturated rings. The van der Waals surface area contributed by atoms with E-state index in [1.165, 1.54) is 12.1 Å². The first-order chi connectivity index (χ1) is 9.53. The fraction of sp³-hybridized carbons (Fsp3) is 0.0714. The number of nitriles is 1. The lowest BCUT2D eigenvalue weighted by molar-refractivity contribution is 0.581. The van der Waals surface area contributed by atoms with Crippen molar-refractivity contribution in [3.05, 3.63) is 59.7 Å². The first kappa shape index (κ1) is 14.1. The van der Waals surface area contributed by atoms with Gasteiger partial charge in [-0.3, -0.25) is 0 Å². The molecular weight excluding hydrogens is 274 g/mol. The average Bonchev–Trinajstić information content (AvgIpc) is 2.45. The van der Waals surface area contributed by atoms with Gasteiger partial charge in [-0.2, -0.15) is 5.26 Å². The monoisotopic (exact) mass is 287 g/mol. The van der Waals surface area contributed by atoms with Gasteiger partial charge in [0.1, 0.15) is 6.07 Å². The molecule has 102 valence electrons. The number of hydrogen-bond donors (Lipinski definition) is 2. The first-order valence-electron chi connectivity index (χ1n) is 5.86.